The van der Waals surface area contributed by atoms with E-state index < -0.39 is 0 Å². The van der Waals surface area contributed by atoms with E-state index in [4.69, 9.17) is 0 Å². The van der Waals surface area contributed by atoms with Crippen molar-refractivity contribution in [2.24, 2.45) is 0 Å². The van der Waals surface area contributed by atoms with Crippen LogP contribution in [0.15, 0.2) is 35.0 Å². The minimum Gasteiger partial charge on any atom is -0.297 e. The molecule has 0 bridgehead atoms. The zero-order valence-corrected chi connectivity index (χ0v) is 17.0. The summed E-state index contributed by atoms with van der Waals surface area (Å²) in [5.41, 5.74) is 0. The number of ketones is 2. The van der Waals surface area contributed by atoms with E-state index in [9.17, 15) is 9.59 Å². The zero-order valence-electron chi connectivity index (χ0n) is 15.4. The van der Waals surface area contributed by atoms with Crippen LogP contribution in [0.25, 0.3) is 0 Å². The van der Waals surface area contributed by atoms with Gasteiger partial charge in [-0.15, -0.1) is 22.7 Å². The van der Waals surface area contributed by atoms with Gasteiger partial charge in [-0.2, -0.15) is 0 Å². The van der Waals surface area contributed by atoms with Gasteiger partial charge in [-0.25, -0.2) is 0 Å². The van der Waals surface area contributed by atoms with E-state index in [1.54, 1.807) is 0 Å². The highest BCUT2D eigenvalue weighted by Crippen LogP contribution is 2.19. The minimum absolute atomic E-state index is 0.240. The molecule has 0 saturated carbocycles. The Labute approximate surface area is 163 Å². The number of Topliss-reactive ketones (excluding diaryl/α,β-unsaturated/α-hetero) is 2. The third kappa shape index (κ3) is 4.88. The van der Waals surface area contributed by atoms with Crippen LogP contribution in [0.5, 0.6) is 0 Å². The van der Waals surface area contributed by atoms with Crippen LogP contribution in [0.1, 0.15) is 46.0 Å². The maximum Gasteiger partial charge on any atom is 0.174 e. The van der Waals surface area contributed by atoms with Crippen LogP contribution in [0.2, 0.25) is 0 Å². The fraction of sp³-hybridized carbons (Fsp3) is 0.500. The fourth-order valence-corrected chi connectivity index (χ4v) is 4.89. The van der Waals surface area contributed by atoms with E-state index in [1.807, 2.05) is 35.0 Å². The fourth-order valence-electron chi connectivity index (χ4n) is 3.50. The van der Waals surface area contributed by atoms with Crippen molar-refractivity contribution in [2.45, 2.75) is 38.8 Å². The summed E-state index contributed by atoms with van der Waals surface area (Å²) in [4.78, 5) is 31.0. The molecule has 2 aromatic rings. The first-order valence-electron chi connectivity index (χ1n) is 9.16. The number of piperazine rings is 1. The number of thiophene rings is 2. The Hall–Kier alpha value is -1.34. The monoisotopic (exact) mass is 390 g/mol. The van der Waals surface area contributed by atoms with E-state index >= 15 is 0 Å². The molecule has 6 heteroatoms. The summed E-state index contributed by atoms with van der Waals surface area (Å²) in [5.74, 6) is 0.479. The first kappa shape index (κ1) is 19.4. The highest BCUT2D eigenvalue weighted by Gasteiger charge is 2.29. The summed E-state index contributed by atoms with van der Waals surface area (Å²) in [6.45, 7) is 7.96. The number of rotatable bonds is 8. The topological polar surface area (TPSA) is 40.6 Å². The van der Waals surface area contributed by atoms with Crippen molar-refractivity contribution in [3.63, 3.8) is 0 Å². The lowest BCUT2D eigenvalue weighted by Gasteiger charge is -2.44. The van der Waals surface area contributed by atoms with Crippen LogP contribution in [0, 0.1) is 0 Å². The quantitative estimate of drug-likeness (QED) is 0.638. The van der Waals surface area contributed by atoms with Crippen molar-refractivity contribution in [3.05, 3.63) is 44.8 Å². The van der Waals surface area contributed by atoms with E-state index in [0.29, 0.717) is 24.9 Å². The number of hydrogen-bond donors (Lipinski definition) is 0. The zero-order chi connectivity index (χ0) is 18.5. The third-order valence-electron chi connectivity index (χ3n) is 5.09. The largest absolute Gasteiger partial charge is 0.297 e. The van der Waals surface area contributed by atoms with E-state index in [-0.39, 0.29) is 11.6 Å². The lowest BCUT2D eigenvalue weighted by Crippen LogP contribution is -2.56. The molecule has 0 aromatic carbocycles. The number of carbonyl (C=O) groups excluding carboxylic acids is 2. The third-order valence-corrected chi connectivity index (χ3v) is 6.91. The van der Waals surface area contributed by atoms with Gasteiger partial charge in [0.2, 0.25) is 0 Å². The predicted octanol–water partition coefficient (Wildman–Crippen LogP) is 4.05. The molecular weight excluding hydrogens is 364 g/mol. The summed E-state index contributed by atoms with van der Waals surface area (Å²) in [7, 11) is 0. The molecular formula is C20H26N2O2S2. The molecule has 1 fully saturated rings. The molecule has 2 atom stereocenters. The number of carbonyl (C=O) groups is 2. The van der Waals surface area contributed by atoms with Crippen LogP contribution >= 0.6 is 22.7 Å². The molecule has 0 radical (unpaired) electrons. The summed E-state index contributed by atoms with van der Waals surface area (Å²) in [6, 6.07) is 8.47. The van der Waals surface area contributed by atoms with Gasteiger partial charge in [-0.1, -0.05) is 12.1 Å². The van der Waals surface area contributed by atoms with Gasteiger partial charge in [0, 0.05) is 51.1 Å². The van der Waals surface area contributed by atoms with E-state index in [2.05, 4.69) is 23.6 Å². The Morgan fingerprint density at radius 3 is 1.65 bits per heavy atom. The van der Waals surface area contributed by atoms with Crippen molar-refractivity contribution in [1.29, 1.82) is 0 Å². The second-order valence-corrected chi connectivity index (χ2v) is 8.88. The van der Waals surface area contributed by atoms with Crippen LogP contribution < -0.4 is 0 Å². The SMILES string of the molecule is CC1CN(CCC(=O)c2cccs2)C(C)CN1CCC(=O)c1cccs1. The highest BCUT2D eigenvalue weighted by molar-refractivity contribution is 7.12. The van der Waals surface area contributed by atoms with Crippen LogP contribution in [-0.2, 0) is 0 Å². The van der Waals surface area contributed by atoms with Gasteiger partial charge in [0.05, 0.1) is 9.75 Å². The number of hydrogen-bond acceptors (Lipinski definition) is 6. The summed E-state index contributed by atoms with van der Waals surface area (Å²) in [5, 5.41) is 3.91. The van der Waals surface area contributed by atoms with Gasteiger partial charge >= 0.3 is 0 Å². The van der Waals surface area contributed by atoms with Crippen molar-refractivity contribution >= 4 is 34.2 Å². The molecule has 3 heterocycles. The molecule has 2 unspecified atom stereocenters. The maximum absolute atomic E-state index is 12.2. The lowest BCUT2D eigenvalue weighted by atomic mass is 10.1. The first-order valence-corrected chi connectivity index (χ1v) is 10.9. The summed E-state index contributed by atoms with van der Waals surface area (Å²) < 4.78 is 0. The van der Waals surface area contributed by atoms with Crippen molar-refractivity contribution in [2.75, 3.05) is 26.2 Å². The van der Waals surface area contributed by atoms with Crippen LogP contribution in [0.3, 0.4) is 0 Å². The first-order chi connectivity index (χ1) is 12.5. The van der Waals surface area contributed by atoms with E-state index in [0.717, 1.165) is 35.9 Å². The molecule has 4 nitrogen and oxygen atoms in total. The normalized spacial score (nSPS) is 21.8. The van der Waals surface area contributed by atoms with E-state index in [1.165, 1.54) is 22.7 Å². The van der Waals surface area contributed by atoms with Gasteiger partial charge in [0.25, 0.3) is 0 Å². The smallest absolute Gasteiger partial charge is 0.174 e. The molecule has 26 heavy (non-hydrogen) atoms. The molecule has 0 spiro atoms. The number of nitrogens with zero attached hydrogens (tertiary/aromatic N) is 2. The Morgan fingerprint density at radius 1 is 0.885 bits per heavy atom. The molecule has 2 aromatic heterocycles. The van der Waals surface area contributed by atoms with Crippen molar-refractivity contribution in [3.8, 4) is 0 Å². The predicted molar refractivity (Wildman–Crippen MR) is 109 cm³/mol. The van der Waals surface area contributed by atoms with Gasteiger partial charge in [-0.05, 0) is 36.7 Å². The Bertz CT molecular complexity index is 650. The summed E-state index contributed by atoms with van der Waals surface area (Å²) >= 11 is 3.04. The summed E-state index contributed by atoms with van der Waals surface area (Å²) in [6.07, 6.45) is 1.16. The maximum atomic E-state index is 12.2. The van der Waals surface area contributed by atoms with Crippen LogP contribution in [-0.4, -0.2) is 59.6 Å². The van der Waals surface area contributed by atoms with Crippen LogP contribution in [0.4, 0.5) is 0 Å². The average molecular weight is 391 g/mol. The molecule has 1 aliphatic rings. The highest BCUT2D eigenvalue weighted by atomic mass is 32.1. The second-order valence-electron chi connectivity index (χ2n) is 6.99. The lowest BCUT2D eigenvalue weighted by molar-refractivity contribution is 0.0402. The van der Waals surface area contributed by atoms with Crippen molar-refractivity contribution in [1.82, 2.24) is 9.80 Å². The molecule has 0 aliphatic carbocycles. The molecule has 3 rings (SSSR count). The second kappa shape index (κ2) is 9.04. The average Bonchev–Trinajstić information content (AvgIpc) is 3.33. The molecule has 1 aliphatic heterocycles. The molecule has 1 saturated heterocycles. The van der Waals surface area contributed by atoms with Crippen molar-refractivity contribution < 1.29 is 9.59 Å². The van der Waals surface area contributed by atoms with Gasteiger partial charge < -0.3 is 0 Å². The molecule has 0 N–H and O–H groups in total. The Kier molecular flexibility index (Phi) is 6.75. The standard InChI is InChI=1S/C20H26N2O2S2/c1-15-13-22(10-8-18(24)20-6-4-12-26-20)16(2)14-21(15)9-7-17(23)19-5-3-11-25-19/h3-6,11-12,15-16H,7-10,13-14H2,1-2H3. The van der Waals surface area contributed by atoms with Gasteiger partial charge in [0.1, 0.15) is 0 Å². The van der Waals surface area contributed by atoms with Gasteiger partial charge in [0.15, 0.2) is 11.6 Å². The molecule has 140 valence electrons. The Balaban J connectivity index is 1.46. The Morgan fingerprint density at radius 2 is 1.31 bits per heavy atom. The molecule has 0 amide bonds. The van der Waals surface area contributed by atoms with Gasteiger partial charge in [-0.3, -0.25) is 19.4 Å². The minimum atomic E-state index is 0.240.